The molecular weight excluding hydrogens is 393 g/mol. The maximum atomic E-state index is 13.5. The summed E-state index contributed by atoms with van der Waals surface area (Å²) >= 11 is 0. The van der Waals surface area contributed by atoms with Crippen molar-refractivity contribution in [3.63, 3.8) is 0 Å². The number of carbonyl (C=O) groups is 1. The first-order chi connectivity index (χ1) is 14.0. The van der Waals surface area contributed by atoms with Crippen molar-refractivity contribution in [2.75, 3.05) is 33.2 Å². The Morgan fingerprint density at radius 1 is 1.20 bits per heavy atom. The minimum absolute atomic E-state index is 0.0885. The molecule has 2 rings (SSSR count). The van der Waals surface area contributed by atoms with E-state index in [0.717, 1.165) is 38.2 Å². The SMILES string of the molecule is CCN(C)C(=O)OC(C)(C)C.Fc1ccc(C(F)F)cc1CCCN1CCCCC1. The van der Waals surface area contributed by atoms with Crippen molar-refractivity contribution in [3.05, 3.63) is 35.1 Å². The predicted octanol–water partition coefficient (Wildman–Crippen LogP) is 6.06. The Kier molecular flexibility index (Phi) is 11.2. The van der Waals surface area contributed by atoms with Gasteiger partial charge in [0.05, 0.1) is 0 Å². The maximum Gasteiger partial charge on any atom is 0.410 e. The summed E-state index contributed by atoms with van der Waals surface area (Å²) in [6, 6.07) is 3.61. The fraction of sp³-hybridized carbons (Fsp3) is 0.696. The van der Waals surface area contributed by atoms with E-state index in [0.29, 0.717) is 18.5 Å². The largest absolute Gasteiger partial charge is 0.444 e. The first-order valence-corrected chi connectivity index (χ1v) is 10.8. The third-order valence-electron chi connectivity index (χ3n) is 4.87. The number of aryl methyl sites for hydroxylation is 1. The number of benzene rings is 1. The van der Waals surface area contributed by atoms with Crippen LogP contribution >= 0.6 is 0 Å². The Morgan fingerprint density at radius 2 is 1.83 bits per heavy atom. The van der Waals surface area contributed by atoms with E-state index in [1.807, 2.05) is 27.7 Å². The molecular formula is C23H37F3N2O2. The van der Waals surface area contributed by atoms with E-state index in [-0.39, 0.29) is 23.1 Å². The molecule has 0 radical (unpaired) electrons. The van der Waals surface area contributed by atoms with Crippen LogP contribution in [0.3, 0.4) is 0 Å². The first-order valence-electron chi connectivity index (χ1n) is 10.8. The third-order valence-corrected chi connectivity index (χ3v) is 4.87. The van der Waals surface area contributed by atoms with Gasteiger partial charge in [0.25, 0.3) is 6.43 Å². The van der Waals surface area contributed by atoms with Gasteiger partial charge in [-0.1, -0.05) is 12.5 Å². The smallest absolute Gasteiger partial charge is 0.410 e. The van der Waals surface area contributed by atoms with Gasteiger partial charge in [-0.05, 0) is 90.7 Å². The molecule has 0 atom stereocenters. The molecule has 1 amide bonds. The van der Waals surface area contributed by atoms with Crippen LogP contribution in [0, 0.1) is 5.82 Å². The van der Waals surface area contributed by atoms with Gasteiger partial charge in [-0.25, -0.2) is 18.0 Å². The first kappa shape index (κ1) is 26.3. The predicted molar refractivity (Wildman–Crippen MR) is 115 cm³/mol. The number of likely N-dealkylation sites (tertiary alicyclic amines) is 1. The zero-order valence-electron chi connectivity index (χ0n) is 19.0. The van der Waals surface area contributed by atoms with E-state index >= 15 is 0 Å². The molecule has 4 nitrogen and oxygen atoms in total. The van der Waals surface area contributed by atoms with Gasteiger partial charge in [0, 0.05) is 19.2 Å². The number of rotatable bonds is 6. The third kappa shape index (κ3) is 10.3. The fourth-order valence-corrected chi connectivity index (χ4v) is 3.07. The number of halogens is 3. The summed E-state index contributed by atoms with van der Waals surface area (Å²) in [5.41, 5.74) is -0.0651. The lowest BCUT2D eigenvalue weighted by Gasteiger charge is -2.26. The zero-order valence-corrected chi connectivity index (χ0v) is 19.0. The summed E-state index contributed by atoms with van der Waals surface area (Å²) in [6.07, 6.45) is 2.32. The van der Waals surface area contributed by atoms with Crippen LogP contribution in [-0.2, 0) is 11.2 Å². The Labute approximate surface area is 179 Å². The summed E-state index contributed by atoms with van der Waals surface area (Å²) < 4.78 is 43.7. The van der Waals surface area contributed by atoms with Crippen LogP contribution in [0.5, 0.6) is 0 Å². The van der Waals surface area contributed by atoms with Crippen molar-refractivity contribution < 1.29 is 22.7 Å². The normalized spacial score (nSPS) is 14.8. The molecule has 0 spiro atoms. The second-order valence-corrected chi connectivity index (χ2v) is 8.65. The van der Waals surface area contributed by atoms with Crippen molar-refractivity contribution in [2.45, 2.75) is 71.8 Å². The van der Waals surface area contributed by atoms with E-state index in [4.69, 9.17) is 4.74 Å². The van der Waals surface area contributed by atoms with Gasteiger partial charge < -0.3 is 14.5 Å². The van der Waals surface area contributed by atoms with Crippen LogP contribution in [0.25, 0.3) is 0 Å². The number of piperidine rings is 1. The molecule has 30 heavy (non-hydrogen) atoms. The van der Waals surface area contributed by atoms with Crippen LogP contribution in [0.1, 0.15) is 70.9 Å². The number of alkyl halides is 2. The topological polar surface area (TPSA) is 32.8 Å². The highest BCUT2D eigenvalue weighted by atomic mass is 19.3. The van der Waals surface area contributed by atoms with Gasteiger partial charge in [0.1, 0.15) is 11.4 Å². The van der Waals surface area contributed by atoms with Crippen LogP contribution < -0.4 is 0 Å². The lowest BCUT2D eigenvalue weighted by molar-refractivity contribution is 0.0308. The molecule has 0 aliphatic carbocycles. The van der Waals surface area contributed by atoms with E-state index in [1.165, 1.54) is 30.2 Å². The van der Waals surface area contributed by atoms with Crippen LogP contribution in [0.15, 0.2) is 18.2 Å². The number of ether oxygens (including phenoxy) is 1. The summed E-state index contributed by atoms with van der Waals surface area (Å²) in [6.45, 7) is 11.3. The lowest BCUT2D eigenvalue weighted by atomic mass is 10.0. The van der Waals surface area contributed by atoms with Crippen molar-refractivity contribution in [2.24, 2.45) is 0 Å². The number of nitrogens with zero attached hydrogens (tertiary/aromatic N) is 2. The van der Waals surface area contributed by atoms with Gasteiger partial charge in [0.15, 0.2) is 0 Å². The molecule has 1 heterocycles. The average Bonchev–Trinajstić information content (AvgIpc) is 2.68. The summed E-state index contributed by atoms with van der Waals surface area (Å²) in [7, 11) is 1.72. The summed E-state index contributed by atoms with van der Waals surface area (Å²) in [4.78, 5) is 15.0. The average molecular weight is 431 g/mol. The van der Waals surface area contributed by atoms with E-state index in [1.54, 1.807) is 7.05 Å². The summed E-state index contributed by atoms with van der Waals surface area (Å²) in [5.74, 6) is -0.372. The quantitative estimate of drug-likeness (QED) is 0.550. The molecule has 1 aromatic rings. The van der Waals surface area contributed by atoms with Gasteiger partial charge in [-0.3, -0.25) is 0 Å². The molecule has 0 saturated carbocycles. The van der Waals surface area contributed by atoms with E-state index in [9.17, 15) is 18.0 Å². The molecule has 1 fully saturated rings. The Balaban J connectivity index is 0.000000352. The molecule has 172 valence electrons. The minimum Gasteiger partial charge on any atom is -0.444 e. The molecule has 0 aromatic heterocycles. The Morgan fingerprint density at radius 3 is 2.37 bits per heavy atom. The second kappa shape index (κ2) is 12.8. The Bertz CT molecular complexity index is 642. The number of carbonyl (C=O) groups excluding carboxylic acids is 1. The molecule has 1 saturated heterocycles. The molecule has 1 aliphatic rings. The lowest BCUT2D eigenvalue weighted by Crippen LogP contribution is -2.33. The molecule has 0 bridgehead atoms. The van der Waals surface area contributed by atoms with Crippen molar-refractivity contribution in [1.29, 1.82) is 0 Å². The second-order valence-electron chi connectivity index (χ2n) is 8.65. The standard InChI is InChI=1S/C15H20F3N.C8H17NO2/c16-14-7-6-13(15(17)18)11-12(14)5-4-10-19-8-2-1-3-9-19;1-6-9(5)7(10)11-8(2,3)4/h6-7,11,15H,1-5,8-10H2;6H2,1-5H3. The zero-order chi connectivity index (χ0) is 22.7. The monoisotopic (exact) mass is 430 g/mol. The van der Waals surface area contributed by atoms with Crippen LogP contribution in [-0.4, -0.2) is 54.7 Å². The van der Waals surface area contributed by atoms with Crippen molar-refractivity contribution >= 4 is 6.09 Å². The highest BCUT2D eigenvalue weighted by molar-refractivity contribution is 5.67. The molecule has 0 unspecified atom stereocenters. The molecule has 0 N–H and O–H groups in total. The van der Waals surface area contributed by atoms with Gasteiger partial charge in [0.2, 0.25) is 0 Å². The highest BCUT2D eigenvalue weighted by Crippen LogP contribution is 2.22. The maximum absolute atomic E-state index is 13.5. The molecule has 7 heteroatoms. The van der Waals surface area contributed by atoms with Crippen LogP contribution in [0.2, 0.25) is 0 Å². The fourth-order valence-electron chi connectivity index (χ4n) is 3.07. The molecule has 1 aliphatic heterocycles. The van der Waals surface area contributed by atoms with Gasteiger partial charge >= 0.3 is 6.09 Å². The summed E-state index contributed by atoms with van der Waals surface area (Å²) in [5, 5.41) is 0. The Hall–Kier alpha value is -1.76. The number of hydrogen-bond acceptors (Lipinski definition) is 3. The van der Waals surface area contributed by atoms with Crippen molar-refractivity contribution in [1.82, 2.24) is 9.80 Å². The van der Waals surface area contributed by atoms with Gasteiger partial charge in [-0.2, -0.15) is 0 Å². The van der Waals surface area contributed by atoms with E-state index < -0.39 is 6.43 Å². The molecule has 1 aromatic carbocycles. The van der Waals surface area contributed by atoms with Crippen molar-refractivity contribution in [3.8, 4) is 0 Å². The number of amides is 1. The van der Waals surface area contributed by atoms with Crippen LogP contribution in [0.4, 0.5) is 18.0 Å². The highest BCUT2D eigenvalue weighted by Gasteiger charge is 2.18. The number of hydrogen-bond donors (Lipinski definition) is 0. The van der Waals surface area contributed by atoms with Gasteiger partial charge in [-0.15, -0.1) is 0 Å². The van der Waals surface area contributed by atoms with E-state index in [2.05, 4.69) is 4.90 Å². The minimum atomic E-state index is -2.53.